The van der Waals surface area contributed by atoms with E-state index in [-0.39, 0.29) is 5.69 Å². The minimum absolute atomic E-state index is 0.109. The fourth-order valence-corrected chi connectivity index (χ4v) is 3.19. The Bertz CT molecular complexity index is 617. The van der Waals surface area contributed by atoms with Gasteiger partial charge in [0.2, 0.25) is 0 Å². The summed E-state index contributed by atoms with van der Waals surface area (Å²) in [5.74, 6) is 0. The van der Waals surface area contributed by atoms with Crippen LogP contribution in [0.15, 0.2) is 56.7 Å². The van der Waals surface area contributed by atoms with E-state index in [1.165, 1.54) is 17.7 Å². The molecular weight excluding hydrogens is 340 g/mol. The summed E-state index contributed by atoms with van der Waals surface area (Å²) in [5, 5.41) is 13.7. The van der Waals surface area contributed by atoms with E-state index in [2.05, 4.69) is 33.4 Å². The summed E-state index contributed by atoms with van der Waals surface area (Å²) in [6.07, 6.45) is 0. The van der Waals surface area contributed by atoms with E-state index in [1.54, 1.807) is 23.9 Å². The zero-order valence-electron chi connectivity index (χ0n) is 10.8. The molecule has 4 nitrogen and oxygen atoms in total. The molecule has 2 rings (SSSR count). The topological polar surface area (TPSA) is 55.2 Å². The molecule has 6 heteroatoms. The fraction of sp³-hybridized carbons (Fsp3) is 0.143. The highest BCUT2D eigenvalue weighted by Crippen LogP contribution is 2.34. The van der Waals surface area contributed by atoms with E-state index in [9.17, 15) is 10.1 Å². The van der Waals surface area contributed by atoms with Crippen molar-refractivity contribution in [3.05, 3.63) is 62.6 Å². The average molecular weight is 353 g/mol. The van der Waals surface area contributed by atoms with Crippen LogP contribution in [-0.2, 0) is 6.54 Å². The van der Waals surface area contributed by atoms with Crippen molar-refractivity contribution in [3.8, 4) is 0 Å². The first kappa shape index (κ1) is 15.0. The van der Waals surface area contributed by atoms with E-state index in [4.69, 9.17) is 0 Å². The van der Waals surface area contributed by atoms with Crippen molar-refractivity contribution < 1.29 is 4.92 Å². The van der Waals surface area contributed by atoms with Crippen molar-refractivity contribution >= 4 is 33.4 Å². The molecule has 0 radical (unpaired) electrons. The van der Waals surface area contributed by atoms with Crippen molar-refractivity contribution in [3.63, 3.8) is 0 Å². The van der Waals surface area contributed by atoms with Crippen molar-refractivity contribution in [2.45, 2.75) is 16.3 Å². The molecule has 0 bridgehead atoms. The van der Waals surface area contributed by atoms with Gasteiger partial charge in [0, 0.05) is 32.9 Å². The minimum Gasteiger partial charge on any atom is -0.316 e. The van der Waals surface area contributed by atoms with Crippen LogP contribution < -0.4 is 5.32 Å². The second kappa shape index (κ2) is 6.88. The van der Waals surface area contributed by atoms with Crippen LogP contribution in [0.3, 0.4) is 0 Å². The molecule has 0 heterocycles. The first-order chi connectivity index (χ1) is 9.60. The van der Waals surface area contributed by atoms with Crippen molar-refractivity contribution in [1.29, 1.82) is 0 Å². The van der Waals surface area contributed by atoms with Gasteiger partial charge in [-0.2, -0.15) is 0 Å². The number of hydrogen-bond acceptors (Lipinski definition) is 4. The van der Waals surface area contributed by atoms with Gasteiger partial charge in [-0.05, 0) is 52.8 Å². The van der Waals surface area contributed by atoms with Crippen LogP contribution in [0.1, 0.15) is 5.56 Å². The molecule has 0 spiro atoms. The number of halogens is 1. The Morgan fingerprint density at radius 1 is 1.25 bits per heavy atom. The molecule has 0 aromatic heterocycles. The maximum absolute atomic E-state index is 10.6. The Morgan fingerprint density at radius 2 is 1.95 bits per heavy atom. The van der Waals surface area contributed by atoms with Gasteiger partial charge in [0.1, 0.15) is 0 Å². The quantitative estimate of drug-likeness (QED) is 0.646. The van der Waals surface area contributed by atoms with Gasteiger partial charge >= 0.3 is 0 Å². The van der Waals surface area contributed by atoms with Gasteiger partial charge in [0.15, 0.2) is 0 Å². The summed E-state index contributed by atoms with van der Waals surface area (Å²) in [6, 6.07) is 12.7. The summed E-state index contributed by atoms with van der Waals surface area (Å²) in [7, 11) is 1.91. The highest BCUT2D eigenvalue weighted by Gasteiger charge is 2.07. The van der Waals surface area contributed by atoms with E-state index in [0.717, 1.165) is 20.8 Å². The van der Waals surface area contributed by atoms with Crippen LogP contribution in [0.25, 0.3) is 0 Å². The normalized spacial score (nSPS) is 10.5. The zero-order valence-corrected chi connectivity index (χ0v) is 13.2. The largest absolute Gasteiger partial charge is 0.316 e. The molecule has 20 heavy (non-hydrogen) atoms. The lowest BCUT2D eigenvalue weighted by Gasteiger charge is -2.07. The number of nitro benzene ring substituents is 1. The standard InChI is InChI=1S/C14H13BrN2O2S/c1-16-9-10-2-7-14(13(15)8-10)20-12-5-3-11(4-6-12)17(18)19/h2-8,16H,9H2,1H3. The van der Waals surface area contributed by atoms with Crippen LogP contribution in [0.2, 0.25) is 0 Å². The molecule has 0 amide bonds. The molecule has 2 aromatic rings. The molecule has 0 aliphatic carbocycles. The van der Waals surface area contributed by atoms with Crippen LogP contribution in [-0.4, -0.2) is 12.0 Å². The maximum atomic E-state index is 10.6. The lowest BCUT2D eigenvalue weighted by Crippen LogP contribution is -2.04. The van der Waals surface area contributed by atoms with E-state index < -0.39 is 4.92 Å². The molecule has 0 unspecified atom stereocenters. The van der Waals surface area contributed by atoms with Gasteiger partial charge in [0.25, 0.3) is 5.69 Å². The van der Waals surface area contributed by atoms with Crippen LogP contribution in [0, 0.1) is 10.1 Å². The van der Waals surface area contributed by atoms with Crippen LogP contribution >= 0.6 is 27.7 Å². The Balaban J connectivity index is 2.15. The summed E-state index contributed by atoms with van der Waals surface area (Å²) < 4.78 is 1.02. The number of nitrogens with zero attached hydrogens (tertiary/aromatic N) is 1. The molecule has 2 aromatic carbocycles. The second-order valence-electron chi connectivity index (χ2n) is 4.15. The Kier molecular flexibility index (Phi) is 5.17. The van der Waals surface area contributed by atoms with Gasteiger partial charge in [-0.3, -0.25) is 10.1 Å². The van der Waals surface area contributed by atoms with Crippen molar-refractivity contribution in [2.75, 3.05) is 7.05 Å². The van der Waals surface area contributed by atoms with Gasteiger partial charge in [-0.15, -0.1) is 0 Å². The number of benzene rings is 2. The molecule has 0 atom stereocenters. The van der Waals surface area contributed by atoms with Crippen molar-refractivity contribution in [1.82, 2.24) is 5.32 Å². The Labute approximate surface area is 129 Å². The molecule has 0 saturated heterocycles. The second-order valence-corrected chi connectivity index (χ2v) is 6.12. The predicted octanol–water partition coefficient (Wildman–Crippen LogP) is 4.23. The summed E-state index contributed by atoms with van der Waals surface area (Å²) >= 11 is 5.13. The molecule has 0 saturated carbocycles. The van der Waals surface area contributed by atoms with Gasteiger partial charge < -0.3 is 5.32 Å². The third kappa shape index (κ3) is 3.82. The Morgan fingerprint density at radius 3 is 2.50 bits per heavy atom. The molecule has 1 N–H and O–H groups in total. The van der Waals surface area contributed by atoms with E-state index in [1.807, 2.05) is 13.1 Å². The molecular formula is C14H13BrN2O2S. The summed E-state index contributed by atoms with van der Waals surface area (Å²) in [4.78, 5) is 12.3. The average Bonchev–Trinajstić information content (AvgIpc) is 2.43. The first-order valence-electron chi connectivity index (χ1n) is 5.95. The summed E-state index contributed by atoms with van der Waals surface area (Å²) in [6.45, 7) is 0.821. The van der Waals surface area contributed by atoms with Gasteiger partial charge in [-0.1, -0.05) is 17.8 Å². The fourth-order valence-electron chi connectivity index (χ4n) is 1.70. The minimum atomic E-state index is -0.392. The number of hydrogen-bond donors (Lipinski definition) is 1. The zero-order chi connectivity index (χ0) is 14.5. The van der Waals surface area contributed by atoms with Crippen LogP contribution in [0.4, 0.5) is 5.69 Å². The number of non-ortho nitro benzene ring substituents is 1. The molecule has 0 fully saturated rings. The highest BCUT2D eigenvalue weighted by molar-refractivity contribution is 9.10. The predicted molar refractivity (Wildman–Crippen MR) is 84.1 cm³/mol. The third-order valence-electron chi connectivity index (χ3n) is 2.65. The Hall–Kier alpha value is -1.37. The summed E-state index contributed by atoms with van der Waals surface area (Å²) in [5.41, 5.74) is 1.31. The van der Waals surface area contributed by atoms with E-state index >= 15 is 0 Å². The smallest absolute Gasteiger partial charge is 0.269 e. The maximum Gasteiger partial charge on any atom is 0.269 e. The van der Waals surface area contributed by atoms with E-state index in [0.29, 0.717) is 0 Å². The monoisotopic (exact) mass is 352 g/mol. The van der Waals surface area contributed by atoms with Gasteiger partial charge in [-0.25, -0.2) is 0 Å². The third-order valence-corrected chi connectivity index (χ3v) is 4.65. The molecule has 0 aliphatic heterocycles. The lowest BCUT2D eigenvalue weighted by atomic mass is 10.2. The number of nitro groups is 1. The number of rotatable bonds is 5. The van der Waals surface area contributed by atoms with Crippen LogP contribution in [0.5, 0.6) is 0 Å². The molecule has 0 aliphatic rings. The first-order valence-corrected chi connectivity index (χ1v) is 7.56. The molecule has 104 valence electrons. The SMILES string of the molecule is CNCc1ccc(Sc2ccc([N+](=O)[O-])cc2)c(Br)c1. The van der Waals surface area contributed by atoms with Gasteiger partial charge in [0.05, 0.1) is 4.92 Å². The highest BCUT2D eigenvalue weighted by atomic mass is 79.9. The number of nitrogens with one attached hydrogen (secondary N) is 1. The lowest BCUT2D eigenvalue weighted by molar-refractivity contribution is -0.384. The van der Waals surface area contributed by atoms with Crippen molar-refractivity contribution in [2.24, 2.45) is 0 Å².